The van der Waals surface area contributed by atoms with Crippen molar-refractivity contribution in [1.82, 2.24) is 10.2 Å². The normalized spacial score (nSPS) is 17.9. The summed E-state index contributed by atoms with van der Waals surface area (Å²) < 4.78 is 5.22. The Hall–Kier alpha value is -0.770. The van der Waals surface area contributed by atoms with Gasteiger partial charge in [0.25, 0.3) is 0 Å². The number of carbonyl (C=O) groups is 1. The summed E-state index contributed by atoms with van der Waals surface area (Å²) in [6.07, 6.45) is 2.87. The van der Waals surface area contributed by atoms with Crippen LogP contribution in [-0.4, -0.2) is 43.8 Å². The number of hydrogen-bond acceptors (Lipinski definition) is 2. The second-order valence-electron chi connectivity index (χ2n) is 3.76. The third-order valence-corrected chi connectivity index (χ3v) is 2.45. The van der Waals surface area contributed by atoms with Gasteiger partial charge < -0.3 is 15.0 Å². The van der Waals surface area contributed by atoms with E-state index in [9.17, 15) is 4.79 Å². The van der Waals surface area contributed by atoms with Gasteiger partial charge >= 0.3 is 6.03 Å². The summed E-state index contributed by atoms with van der Waals surface area (Å²) in [7, 11) is 1.83. The van der Waals surface area contributed by atoms with Crippen molar-refractivity contribution in [2.24, 2.45) is 0 Å². The Morgan fingerprint density at radius 2 is 2.14 bits per heavy atom. The molecule has 1 rings (SSSR count). The van der Waals surface area contributed by atoms with Crippen LogP contribution in [0.4, 0.5) is 4.79 Å². The fourth-order valence-electron chi connectivity index (χ4n) is 1.56. The van der Waals surface area contributed by atoms with Crippen LogP contribution in [0.15, 0.2) is 0 Å². The van der Waals surface area contributed by atoms with Crippen LogP contribution in [-0.2, 0) is 4.74 Å². The number of nitrogens with one attached hydrogen (secondary N) is 1. The minimum atomic E-state index is 0.0405. The molecule has 0 spiro atoms. The molecule has 1 aliphatic heterocycles. The van der Waals surface area contributed by atoms with Gasteiger partial charge in [0.15, 0.2) is 0 Å². The van der Waals surface area contributed by atoms with Crippen molar-refractivity contribution in [2.45, 2.75) is 32.2 Å². The molecule has 4 nitrogen and oxygen atoms in total. The first-order chi connectivity index (χ1) is 6.74. The smallest absolute Gasteiger partial charge is 0.317 e. The Kier molecular flexibility index (Phi) is 4.73. The molecule has 0 unspecified atom stereocenters. The lowest BCUT2D eigenvalue weighted by Gasteiger charge is -2.26. The average molecular weight is 200 g/mol. The van der Waals surface area contributed by atoms with Crippen molar-refractivity contribution in [3.63, 3.8) is 0 Å². The first-order valence-electron chi connectivity index (χ1n) is 5.33. The highest BCUT2D eigenvalue weighted by molar-refractivity contribution is 5.74. The highest BCUT2D eigenvalue weighted by Crippen LogP contribution is 2.06. The highest BCUT2D eigenvalue weighted by Gasteiger charge is 2.17. The number of amides is 2. The van der Waals surface area contributed by atoms with E-state index in [0.29, 0.717) is 6.04 Å². The summed E-state index contributed by atoms with van der Waals surface area (Å²) in [5.41, 5.74) is 0. The average Bonchev–Trinajstić information content (AvgIpc) is 2.19. The molecule has 1 aliphatic rings. The number of carbonyl (C=O) groups excluding carboxylic acids is 1. The molecule has 1 fully saturated rings. The lowest BCUT2D eigenvalue weighted by atomic mass is 10.1. The van der Waals surface area contributed by atoms with Gasteiger partial charge in [-0.2, -0.15) is 0 Å². The molecule has 2 amide bonds. The first-order valence-corrected chi connectivity index (χ1v) is 5.33. The number of hydrogen-bond donors (Lipinski definition) is 1. The lowest BCUT2D eigenvalue weighted by molar-refractivity contribution is 0.0785. The maximum absolute atomic E-state index is 11.6. The van der Waals surface area contributed by atoms with E-state index in [-0.39, 0.29) is 6.03 Å². The molecular formula is C10H20N2O2. The maximum Gasteiger partial charge on any atom is 0.317 e. The van der Waals surface area contributed by atoms with Crippen LogP contribution in [0.5, 0.6) is 0 Å². The Morgan fingerprint density at radius 1 is 1.50 bits per heavy atom. The number of urea groups is 1. The predicted octanol–water partition coefficient (Wildman–Crippen LogP) is 1.22. The van der Waals surface area contributed by atoms with E-state index >= 15 is 0 Å². The monoisotopic (exact) mass is 200 g/mol. The molecule has 0 aromatic heterocycles. The SMILES string of the molecule is CCCN(C)C(=O)NC1CCOCC1. The second kappa shape index (κ2) is 5.86. The third-order valence-electron chi connectivity index (χ3n) is 2.45. The van der Waals surface area contributed by atoms with E-state index in [1.807, 2.05) is 7.05 Å². The van der Waals surface area contributed by atoms with Gasteiger partial charge in [0, 0.05) is 32.8 Å². The highest BCUT2D eigenvalue weighted by atomic mass is 16.5. The molecule has 1 N–H and O–H groups in total. The molecule has 1 heterocycles. The molecule has 4 heteroatoms. The molecule has 82 valence electrons. The Balaban J connectivity index is 2.24. The van der Waals surface area contributed by atoms with Crippen molar-refractivity contribution in [3.05, 3.63) is 0 Å². The molecular weight excluding hydrogens is 180 g/mol. The number of nitrogens with zero attached hydrogens (tertiary/aromatic N) is 1. The zero-order valence-electron chi connectivity index (χ0n) is 9.08. The summed E-state index contributed by atoms with van der Waals surface area (Å²) in [5.74, 6) is 0. The standard InChI is InChI=1S/C10H20N2O2/c1-3-6-12(2)10(13)11-9-4-7-14-8-5-9/h9H,3-8H2,1-2H3,(H,11,13). The van der Waals surface area contributed by atoms with Crippen LogP contribution < -0.4 is 5.32 Å². The van der Waals surface area contributed by atoms with Crippen LogP contribution in [0, 0.1) is 0 Å². The van der Waals surface area contributed by atoms with E-state index in [2.05, 4.69) is 12.2 Å². The van der Waals surface area contributed by atoms with Crippen LogP contribution in [0.25, 0.3) is 0 Å². The van der Waals surface area contributed by atoms with Crippen LogP contribution in [0.1, 0.15) is 26.2 Å². The number of ether oxygens (including phenoxy) is 1. The second-order valence-corrected chi connectivity index (χ2v) is 3.76. The molecule has 0 bridgehead atoms. The third kappa shape index (κ3) is 3.54. The van der Waals surface area contributed by atoms with Crippen molar-refractivity contribution < 1.29 is 9.53 Å². The van der Waals surface area contributed by atoms with Crippen molar-refractivity contribution in [3.8, 4) is 0 Å². The van der Waals surface area contributed by atoms with Gasteiger partial charge in [0.05, 0.1) is 0 Å². The maximum atomic E-state index is 11.6. The van der Waals surface area contributed by atoms with E-state index in [1.54, 1.807) is 4.90 Å². The summed E-state index contributed by atoms with van der Waals surface area (Å²) in [6.45, 7) is 4.41. The van der Waals surface area contributed by atoms with Gasteiger partial charge in [-0.25, -0.2) is 4.79 Å². The largest absolute Gasteiger partial charge is 0.381 e. The molecule has 0 saturated carbocycles. The predicted molar refractivity (Wildman–Crippen MR) is 55.3 cm³/mol. The summed E-state index contributed by atoms with van der Waals surface area (Å²) >= 11 is 0. The molecule has 1 saturated heterocycles. The molecule has 0 radical (unpaired) electrons. The molecule has 0 aromatic carbocycles. The van der Waals surface area contributed by atoms with E-state index < -0.39 is 0 Å². The van der Waals surface area contributed by atoms with Crippen LogP contribution in [0.3, 0.4) is 0 Å². The Morgan fingerprint density at radius 3 is 2.71 bits per heavy atom. The molecule has 0 aliphatic carbocycles. The topological polar surface area (TPSA) is 41.6 Å². The fraction of sp³-hybridized carbons (Fsp3) is 0.900. The Bertz CT molecular complexity index is 179. The zero-order chi connectivity index (χ0) is 10.4. The molecule has 0 aromatic rings. The van der Waals surface area contributed by atoms with Gasteiger partial charge in [0.1, 0.15) is 0 Å². The van der Waals surface area contributed by atoms with Crippen molar-refractivity contribution in [2.75, 3.05) is 26.8 Å². The van der Waals surface area contributed by atoms with Crippen molar-refractivity contribution in [1.29, 1.82) is 0 Å². The van der Waals surface area contributed by atoms with Gasteiger partial charge in [0.2, 0.25) is 0 Å². The Labute approximate surface area is 85.6 Å². The van der Waals surface area contributed by atoms with Crippen molar-refractivity contribution >= 4 is 6.03 Å². The quantitative estimate of drug-likeness (QED) is 0.744. The van der Waals surface area contributed by atoms with Crippen LogP contribution >= 0.6 is 0 Å². The fourth-order valence-corrected chi connectivity index (χ4v) is 1.56. The molecule has 0 atom stereocenters. The zero-order valence-corrected chi connectivity index (χ0v) is 9.08. The molecule has 14 heavy (non-hydrogen) atoms. The summed E-state index contributed by atoms with van der Waals surface area (Å²) in [5, 5.41) is 3.01. The van der Waals surface area contributed by atoms with E-state index in [0.717, 1.165) is 39.0 Å². The van der Waals surface area contributed by atoms with Gasteiger partial charge in [-0.05, 0) is 19.3 Å². The van der Waals surface area contributed by atoms with Gasteiger partial charge in [-0.3, -0.25) is 0 Å². The summed E-state index contributed by atoms with van der Waals surface area (Å²) in [6, 6.07) is 0.342. The lowest BCUT2D eigenvalue weighted by Crippen LogP contribution is -2.45. The summed E-state index contributed by atoms with van der Waals surface area (Å²) in [4.78, 5) is 13.3. The van der Waals surface area contributed by atoms with Gasteiger partial charge in [-0.15, -0.1) is 0 Å². The minimum Gasteiger partial charge on any atom is -0.381 e. The van der Waals surface area contributed by atoms with E-state index in [1.165, 1.54) is 0 Å². The first kappa shape index (κ1) is 11.3. The number of rotatable bonds is 3. The van der Waals surface area contributed by atoms with Crippen LogP contribution in [0.2, 0.25) is 0 Å². The van der Waals surface area contributed by atoms with Gasteiger partial charge in [-0.1, -0.05) is 6.92 Å². The van der Waals surface area contributed by atoms with E-state index in [4.69, 9.17) is 4.74 Å². The minimum absolute atomic E-state index is 0.0405.